The predicted octanol–water partition coefficient (Wildman–Crippen LogP) is 1.30. The molecule has 16 heavy (non-hydrogen) atoms. The molecule has 1 saturated carbocycles. The second-order valence-electron chi connectivity index (χ2n) is 4.47. The molecule has 2 aliphatic rings. The minimum Gasteiger partial charge on any atom is -0.321 e. The smallest absolute Gasteiger partial charge is 0.253 e. The molecule has 4 heteroatoms. The molecule has 1 heterocycles. The number of anilines is 1. The van der Waals surface area contributed by atoms with E-state index in [1.165, 1.54) is 5.06 Å². The van der Waals surface area contributed by atoms with Crippen LogP contribution >= 0.6 is 0 Å². The standard InChI is InChI=1S/C12H14N2O2/c13-12(6-7-12)9-1-3-10(4-2-9)14-11(15)5-8-16-14/h1-4H,5-8,13H2. The Balaban J connectivity index is 1.84. The summed E-state index contributed by atoms with van der Waals surface area (Å²) >= 11 is 0. The van der Waals surface area contributed by atoms with Crippen LogP contribution in [-0.4, -0.2) is 12.5 Å². The van der Waals surface area contributed by atoms with E-state index < -0.39 is 0 Å². The predicted molar refractivity (Wildman–Crippen MR) is 59.6 cm³/mol. The average molecular weight is 218 g/mol. The maximum absolute atomic E-state index is 11.4. The fraction of sp³-hybridized carbons (Fsp3) is 0.417. The molecule has 0 aromatic heterocycles. The minimum atomic E-state index is -0.117. The summed E-state index contributed by atoms with van der Waals surface area (Å²) < 4.78 is 0. The van der Waals surface area contributed by atoms with Crippen molar-refractivity contribution in [3.05, 3.63) is 29.8 Å². The molecular formula is C12H14N2O2. The maximum Gasteiger partial charge on any atom is 0.253 e. The largest absolute Gasteiger partial charge is 0.321 e. The van der Waals surface area contributed by atoms with Crippen molar-refractivity contribution in [2.75, 3.05) is 11.7 Å². The van der Waals surface area contributed by atoms with Gasteiger partial charge < -0.3 is 5.73 Å². The summed E-state index contributed by atoms with van der Waals surface area (Å²) in [5, 5.41) is 1.36. The average Bonchev–Trinajstić information content (AvgIpc) is 2.90. The van der Waals surface area contributed by atoms with Crippen molar-refractivity contribution in [2.45, 2.75) is 24.8 Å². The Hall–Kier alpha value is -1.39. The highest BCUT2D eigenvalue weighted by Crippen LogP contribution is 2.42. The van der Waals surface area contributed by atoms with Crippen molar-refractivity contribution in [3.63, 3.8) is 0 Å². The van der Waals surface area contributed by atoms with Gasteiger partial charge in [-0.25, -0.2) is 0 Å². The first-order valence-electron chi connectivity index (χ1n) is 5.54. The molecule has 4 nitrogen and oxygen atoms in total. The first kappa shape index (κ1) is 9.81. The number of amides is 1. The number of hydroxylamine groups is 1. The molecule has 84 valence electrons. The molecule has 1 aliphatic carbocycles. The van der Waals surface area contributed by atoms with E-state index in [0.29, 0.717) is 13.0 Å². The molecule has 1 amide bonds. The monoisotopic (exact) mass is 218 g/mol. The number of carbonyl (C=O) groups excluding carboxylic acids is 1. The molecule has 1 aromatic carbocycles. The number of hydrogen-bond donors (Lipinski definition) is 1. The van der Waals surface area contributed by atoms with Gasteiger partial charge in [0.2, 0.25) is 0 Å². The van der Waals surface area contributed by atoms with Gasteiger partial charge in [-0.15, -0.1) is 0 Å². The minimum absolute atomic E-state index is 0.0154. The van der Waals surface area contributed by atoms with Crippen molar-refractivity contribution in [2.24, 2.45) is 5.73 Å². The van der Waals surface area contributed by atoms with Crippen LogP contribution in [0.15, 0.2) is 24.3 Å². The maximum atomic E-state index is 11.4. The molecule has 1 aromatic rings. The van der Waals surface area contributed by atoms with Crippen LogP contribution in [0.5, 0.6) is 0 Å². The molecule has 3 rings (SSSR count). The molecule has 1 saturated heterocycles. The Morgan fingerprint density at radius 1 is 1.25 bits per heavy atom. The SMILES string of the molecule is NC1(c2ccc(N3OCCC3=O)cc2)CC1. The third kappa shape index (κ3) is 1.50. The van der Waals surface area contributed by atoms with Gasteiger partial charge in [0.1, 0.15) is 0 Å². The topological polar surface area (TPSA) is 55.6 Å². The van der Waals surface area contributed by atoms with Crippen LogP contribution in [0.4, 0.5) is 5.69 Å². The highest BCUT2D eigenvalue weighted by atomic mass is 16.7. The number of nitrogens with zero attached hydrogens (tertiary/aromatic N) is 1. The van der Waals surface area contributed by atoms with E-state index >= 15 is 0 Å². The molecule has 0 bridgehead atoms. The van der Waals surface area contributed by atoms with E-state index in [4.69, 9.17) is 10.6 Å². The molecule has 0 radical (unpaired) electrons. The Morgan fingerprint density at radius 3 is 2.44 bits per heavy atom. The summed E-state index contributed by atoms with van der Waals surface area (Å²) in [4.78, 5) is 16.7. The van der Waals surface area contributed by atoms with Crippen LogP contribution in [0.25, 0.3) is 0 Å². The fourth-order valence-electron chi connectivity index (χ4n) is 1.97. The number of benzene rings is 1. The van der Waals surface area contributed by atoms with E-state index in [2.05, 4.69) is 0 Å². The van der Waals surface area contributed by atoms with Gasteiger partial charge in [-0.2, -0.15) is 5.06 Å². The van der Waals surface area contributed by atoms with Crippen LogP contribution in [0.3, 0.4) is 0 Å². The van der Waals surface area contributed by atoms with Crippen LogP contribution < -0.4 is 10.8 Å². The molecule has 0 atom stereocenters. The first-order chi connectivity index (χ1) is 7.69. The van der Waals surface area contributed by atoms with E-state index in [0.717, 1.165) is 24.1 Å². The van der Waals surface area contributed by atoms with E-state index in [1.54, 1.807) is 0 Å². The quantitative estimate of drug-likeness (QED) is 0.814. The second kappa shape index (κ2) is 3.30. The molecule has 1 aliphatic heterocycles. The van der Waals surface area contributed by atoms with Gasteiger partial charge in [-0.05, 0) is 30.5 Å². The number of carbonyl (C=O) groups is 1. The zero-order valence-electron chi connectivity index (χ0n) is 8.98. The Bertz CT molecular complexity index is 423. The summed E-state index contributed by atoms with van der Waals surface area (Å²) in [5.41, 5.74) is 7.90. The molecule has 0 spiro atoms. The summed E-state index contributed by atoms with van der Waals surface area (Å²) in [6.45, 7) is 0.474. The van der Waals surface area contributed by atoms with E-state index in [-0.39, 0.29) is 11.4 Å². The van der Waals surface area contributed by atoms with Gasteiger partial charge >= 0.3 is 0 Å². The third-order valence-corrected chi connectivity index (χ3v) is 3.23. The van der Waals surface area contributed by atoms with Crippen LogP contribution in [0.2, 0.25) is 0 Å². The highest BCUT2D eigenvalue weighted by molar-refractivity contribution is 5.92. The summed E-state index contributed by atoms with van der Waals surface area (Å²) in [7, 11) is 0. The third-order valence-electron chi connectivity index (χ3n) is 3.23. The van der Waals surface area contributed by atoms with Crippen molar-refractivity contribution in [3.8, 4) is 0 Å². The molecule has 0 unspecified atom stereocenters. The van der Waals surface area contributed by atoms with Gasteiger partial charge in [-0.3, -0.25) is 9.63 Å². The molecule has 2 N–H and O–H groups in total. The number of rotatable bonds is 2. The lowest BCUT2D eigenvalue weighted by Crippen LogP contribution is -2.23. The van der Waals surface area contributed by atoms with Crippen molar-refractivity contribution in [1.29, 1.82) is 0 Å². The van der Waals surface area contributed by atoms with Crippen molar-refractivity contribution < 1.29 is 9.63 Å². The fourth-order valence-corrected chi connectivity index (χ4v) is 1.97. The van der Waals surface area contributed by atoms with Gasteiger partial charge in [0, 0.05) is 5.54 Å². The van der Waals surface area contributed by atoms with Crippen LogP contribution in [-0.2, 0) is 15.2 Å². The lowest BCUT2D eigenvalue weighted by atomic mass is 10.1. The van der Waals surface area contributed by atoms with E-state index in [9.17, 15) is 4.79 Å². The van der Waals surface area contributed by atoms with E-state index in [1.807, 2.05) is 24.3 Å². The van der Waals surface area contributed by atoms with Gasteiger partial charge in [0.15, 0.2) is 0 Å². The Kier molecular flexibility index (Phi) is 2.02. The van der Waals surface area contributed by atoms with Gasteiger partial charge in [0.05, 0.1) is 18.7 Å². The second-order valence-corrected chi connectivity index (χ2v) is 4.47. The van der Waals surface area contributed by atoms with Gasteiger partial charge in [-0.1, -0.05) is 12.1 Å². The lowest BCUT2D eigenvalue weighted by Gasteiger charge is -2.15. The lowest BCUT2D eigenvalue weighted by molar-refractivity contribution is -0.119. The van der Waals surface area contributed by atoms with Gasteiger partial charge in [0.25, 0.3) is 5.91 Å². The molecular weight excluding hydrogens is 204 g/mol. The normalized spacial score (nSPS) is 22.6. The first-order valence-corrected chi connectivity index (χ1v) is 5.54. The highest BCUT2D eigenvalue weighted by Gasteiger charge is 2.39. The Morgan fingerprint density at radius 2 is 1.94 bits per heavy atom. The number of hydrogen-bond acceptors (Lipinski definition) is 3. The molecule has 2 fully saturated rings. The zero-order chi connectivity index (χ0) is 11.2. The Labute approximate surface area is 93.9 Å². The summed E-state index contributed by atoms with van der Waals surface area (Å²) in [5.74, 6) is 0.0154. The summed E-state index contributed by atoms with van der Waals surface area (Å²) in [6.07, 6.45) is 2.56. The zero-order valence-corrected chi connectivity index (χ0v) is 8.98. The number of nitrogens with two attached hydrogens (primary N) is 1. The summed E-state index contributed by atoms with van der Waals surface area (Å²) in [6, 6.07) is 7.76. The van der Waals surface area contributed by atoms with Crippen molar-refractivity contribution in [1.82, 2.24) is 0 Å². The van der Waals surface area contributed by atoms with Crippen LogP contribution in [0, 0.1) is 0 Å². The van der Waals surface area contributed by atoms with Crippen molar-refractivity contribution >= 4 is 11.6 Å². The van der Waals surface area contributed by atoms with Crippen LogP contribution in [0.1, 0.15) is 24.8 Å².